The first kappa shape index (κ1) is 18.8. The molecule has 140 valence electrons. The van der Waals surface area contributed by atoms with Crippen molar-refractivity contribution in [2.24, 2.45) is 5.14 Å². The Balaban J connectivity index is 1.72. The highest BCUT2D eigenvalue weighted by molar-refractivity contribution is 7.89. The lowest BCUT2D eigenvalue weighted by Crippen LogP contribution is -2.28. The Hall–Kier alpha value is -2.97. The summed E-state index contributed by atoms with van der Waals surface area (Å²) in [6.45, 7) is 1.84. The van der Waals surface area contributed by atoms with Crippen molar-refractivity contribution in [2.75, 3.05) is 7.05 Å². The minimum atomic E-state index is -3.74. The van der Waals surface area contributed by atoms with Gasteiger partial charge in [0.1, 0.15) is 5.52 Å². The number of benzene rings is 2. The van der Waals surface area contributed by atoms with Gasteiger partial charge in [-0.3, -0.25) is 4.79 Å². The molecule has 2 aromatic carbocycles. The van der Waals surface area contributed by atoms with E-state index in [1.807, 2.05) is 25.1 Å². The maximum absolute atomic E-state index is 12.4. The zero-order valence-electron chi connectivity index (χ0n) is 14.9. The molecule has 1 unspecified atom stereocenters. The molecule has 0 aliphatic carbocycles. The maximum Gasteiger partial charge on any atom is 0.246 e. The van der Waals surface area contributed by atoms with Crippen molar-refractivity contribution >= 4 is 33.1 Å². The van der Waals surface area contributed by atoms with Gasteiger partial charge >= 0.3 is 0 Å². The topological polar surface area (TPSA) is 106 Å². The second-order valence-corrected chi connectivity index (χ2v) is 7.65. The van der Waals surface area contributed by atoms with Crippen LogP contribution in [0, 0.1) is 0 Å². The van der Waals surface area contributed by atoms with Crippen LogP contribution in [0.3, 0.4) is 0 Å². The molecule has 0 bridgehead atoms. The van der Waals surface area contributed by atoms with Crippen LogP contribution in [0.25, 0.3) is 17.2 Å². The fraction of sp³-hybridized carbons (Fsp3) is 0.158. The zero-order chi connectivity index (χ0) is 19.6. The van der Waals surface area contributed by atoms with E-state index in [9.17, 15) is 13.2 Å². The quantitative estimate of drug-likeness (QED) is 0.680. The molecule has 3 aromatic rings. The molecular formula is C19H19N3O4S. The first-order valence-electron chi connectivity index (χ1n) is 8.19. The molecule has 0 aliphatic heterocycles. The minimum absolute atomic E-state index is 0.0308. The van der Waals surface area contributed by atoms with Crippen molar-refractivity contribution in [3.05, 3.63) is 66.1 Å². The summed E-state index contributed by atoms with van der Waals surface area (Å²) < 4.78 is 28.2. The Morgan fingerprint density at radius 2 is 1.85 bits per heavy atom. The number of fused-ring (bicyclic) bond motifs is 1. The molecule has 1 atom stereocenters. The summed E-state index contributed by atoms with van der Waals surface area (Å²) in [5.74, 6) is 0.114. The fourth-order valence-corrected chi connectivity index (χ4v) is 3.09. The number of sulfonamides is 1. The van der Waals surface area contributed by atoms with Crippen molar-refractivity contribution in [3.63, 3.8) is 0 Å². The Morgan fingerprint density at radius 1 is 1.19 bits per heavy atom. The number of aromatic nitrogens is 1. The Bertz CT molecular complexity index is 1070. The molecule has 0 saturated carbocycles. The molecule has 1 amide bonds. The van der Waals surface area contributed by atoms with Gasteiger partial charge in [0, 0.05) is 19.2 Å². The third-order valence-electron chi connectivity index (χ3n) is 4.30. The number of hydrogen-bond acceptors (Lipinski definition) is 5. The molecule has 2 N–H and O–H groups in total. The van der Waals surface area contributed by atoms with Crippen LogP contribution in [-0.4, -0.2) is 31.3 Å². The second kappa shape index (κ2) is 7.34. The summed E-state index contributed by atoms with van der Waals surface area (Å²) >= 11 is 0. The predicted octanol–water partition coefficient (Wildman–Crippen LogP) is 2.71. The van der Waals surface area contributed by atoms with Crippen LogP contribution < -0.4 is 5.14 Å². The number of primary sulfonamides is 1. The van der Waals surface area contributed by atoms with Gasteiger partial charge in [0.05, 0.1) is 10.9 Å². The van der Waals surface area contributed by atoms with Gasteiger partial charge in [0.15, 0.2) is 5.58 Å². The predicted molar refractivity (Wildman–Crippen MR) is 102 cm³/mol. The lowest BCUT2D eigenvalue weighted by molar-refractivity contribution is -0.126. The van der Waals surface area contributed by atoms with Crippen molar-refractivity contribution in [3.8, 4) is 0 Å². The van der Waals surface area contributed by atoms with E-state index in [4.69, 9.17) is 9.56 Å². The van der Waals surface area contributed by atoms with E-state index in [1.54, 1.807) is 25.2 Å². The molecule has 0 radical (unpaired) electrons. The van der Waals surface area contributed by atoms with E-state index in [-0.39, 0.29) is 16.8 Å². The first-order chi connectivity index (χ1) is 12.8. The summed E-state index contributed by atoms with van der Waals surface area (Å²) in [6, 6.07) is 13.2. The molecule has 0 saturated heterocycles. The van der Waals surface area contributed by atoms with Gasteiger partial charge in [-0.15, -0.1) is 0 Å². The smallest absolute Gasteiger partial charge is 0.246 e. The molecule has 0 fully saturated rings. The van der Waals surface area contributed by atoms with Crippen molar-refractivity contribution in [1.82, 2.24) is 9.88 Å². The standard InChI is InChI=1S/C19H19N3O4S/c1-13(14-7-9-15(10-8-14)27(20,24)25)22(2)19(23)12-11-18-21-16-5-3-4-6-17(16)26-18/h3-13H,1-2H3,(H2,20,24,25)/b12-11+. The highest BCUT2D eigenvalue weighted by atomic mass is 32.2. The van der Waals surface area contributed by atoms with Crippen molar-refractivity contribution in [2.45, 2.75) is 17.9 Å². The van der Waals surface area contributed by atoms with E-state index in [2.05, 4.69) is 4.98 Å². The normalized spacial score (nSPS) is 13.1. The van der Waals surface area contributed by atoms with Gasteiger partial charge in [0.25, 0.3) is 0 Å². The van der Waals surface area contributed by atoms with E-state index in [1.165, 1.54) is 29.2 Å². The molecule has 8 heteroatoms. The average molecular weight is 385 g/mol. The van der Waals surface area contributed by atoms with E-state index < -0.39 is 10.0 Å². The molecule has 0 aliphatic rings. The van der Waals surface area contributed by atoms with Crippen molar-refractivity contribution in [1.29, 1.82) is 0 Å². The zero-order valence-corrected chi connectivity index (χ0v) is 15.7. The number of carbonyl (C=O) groups excluding carboxylic acids is 1. The SMILES string of the molecule is CC(c1ccc(S(N)(=O)=O)cc1)N(C)C(=O)/C=C/c1nc2ccccc2o1. The summed E-state index contributed by atoms with van der Waals surface area (Å²) in [4.78, 5) is 18.3. The lowest BCUT2D eigenvalue weighted by Gasteiger charge is -2.24. The number of carbonyl (C=O) groups is 1. The minimum Gasteiger partial charge on any atom is -0.437 e. The molecule has 1 heterocycles. The lowest BCUT2D eigenvalue weighted by atomic mass is 10.1. The van der Waals surface area contributed by atoms with E-state index in [0.29, 0.717) is 11.5 Å². The van der Waals surface area contributed by atoms with Gasteiger partial charge in [-0.2, -0.15) is 0 Å². The molecule has 0 spiro atoms. The second-order valence-electron chi connectivity index (χ2n) is 6.09. The number of nitrogens with two attached hydrogens (primary N) is 1. The van der Waals surface area contributed by atoms with Crippen LogP contribution in [0.2, 0.25) is 0 Å². The third-order valence-corrected chi connectivity index (χ3v) is 5.23. The van der Waals surface area contributed by atoms with Gasteiger partial charge in [-0.1, -0.05) is 24.3 Å². The Morgan fingerprint density at radius 3 is 2.48 bits per heavy atom. The van der Waals surface area contributed by atoms with Gasteiger partial charge < -0.3 is 9.32 Å². The maximum atomic E-state index is 12.4. The monoisotopic (exact) mass is 385 g/mol. The number of likely N-dealkylation sites (N-methyl/N-ethyl adjacent to an activating group) is 1. The fourth-order valence-electron chi connectivity index (χ4n) is 2.57. The van der Waals surface area contributed by atoms with E-state index >= 15 is 0 Å². The molecule has 3 rings (SSSR count). The summed E-state index contributed by atoms with van der Waals surface area (Å²) in [7, 11) is -2.08. The third kappa shape index (κ3) is 4.24. The summed E-state index contributed by atoms with van der Waals surface area (Å²) in [6.07, 6.45) is 2.91. The van der Waals surface area contributed by atoms with Crippen LogP contribution in [0.5, 0.6) is 0 Å². The Kier molecular flexibility index (Phi) is 5.11. The van der Waals surface area contributed by atoms with Crippen LogP contribution in [0.1, 0.15) is 24.4 Å². The molecule has 7 nitrogen and oxygen atoms in total. The largest absolute Gasteiger partial charge is 0.437 e. The van der Waals surface area contributed by atoms with Crippen LogP contribution in [0.4, 0.5) is 0 Å². The van der Waals surface area contributed by atoms with Gasteiger partial charge in [0.2, 0.25) is 21.8 Å². The number of nitrogens with zero attached hydrogens (tertiary/aromatic N) is 2. The molecular weight excluding hydrogens is 366 g/mol. The van der Waals surface area contributed by atoms with Crippen LogP contribution in [-0.2, 0) is 14.8 Å². The average Bonchev–Trinajstić information content (AvgIpc) is 3.07. The number of hydrogen-bond donors (Lipinski definition) is 1. The van der Waals surface area contributed by atoms with Gasteiger partial charge in [-0.25, -0.2) is 18.5 Å². The first-order valence-corrected chi connectivity index (χ1v) is 9.73. The van der Waals surface area contributed by atoms with E-state index in [0.717, 1.165) is 11.1 Å². The molecule has 1 aromatic heterocycles. The highest BCUT2D eigenvalue weighted by Gasteiger charge is 2.17. The summed E-state index contributed by atoms with van der Waals surface area (Å²) in [5, 5.41) is 5.10. The number of rotatable bonds is 5. The summed E-state index contributed by atoms with van der Waals surface area (Å²) in [5.41, 5.74) is 2.16. The highest BCUT2D eigenvalue weighted by Crippen LogP contribution is 2.21. The number of para-hydroxylation sites is 2. The number of oxazole rings is 1. The number of amides is 1. The Labute approximate surface area is 157 Å². The van der Waals surface area contributed by atoms with Crippen molar-refractivity contribution < 1.29 is 17.6 Å². The van der Waals surface area contributed by atoms with Gasteiger partial charge in [-0.05, 0) is 36.8 Å². The van der Waals surface area contributed by atoms with Crippen LogP contribution in [0.15, 0.2) is 63.9 Å². The van der Waals surface area contributed by atoms with Crippen LogP contribution >= 0.6 is 0 Å². The molecule has 27 heavy (non-hydrogen) atoms.